The Hall–Kier alpha value is -2.84. The van der Waals surface area contributed by atoms with Crippen molar-refractivity contribution in [2.45, 2.75) is 18.0 Å². The van der Waals surface area contributed by atoms with Gasteiger partial charge in [-0.3, -0.25) is 4.98 Å². The Morgan fingerprint density at radius 1 is 1.00 bits per heavy atom. The number of ether oxygens (including phenoxy) is 2. The van der Waals surface area contributed by atoms with Crippen LogP contribution in [0.1, 0.15) is 11.3 Å². The molecule has 27 heavy (non-hydrogen) atoms. The molecule has 3 heterocycles. The van der Waals surface area contributed by atoms with Crippen molar-refractivity contribution in [1.29, 1.82) is 0 Å². The maximum atomic E-state index is 13.3. The Balaban J connectivity index is 1.68. The zero-order valence-electron chi connectivity index (χ0n) is 14.4. The quantitative estimate of drug-likeness (QED) is 0.648. The summed E-state index contributed by atoms with van der Waals surface area (Å²) >= 11 is 0. The fraction of sp³-hybridized carbons (Fsp3) is 0.211. The number of hydrogen-bond acceptors (Lipinski definition) is 6. The number of sulfonamides is 1. The molecule has 0 spiro atoms. The molecule has 0 amide bonds. The van der Waals surface area contributed by atoms with Gasteiger partial charge in [0.1, 0.15) is 19.0 Å². The van der Waals surface area contributed by atoms with Crippen LogP contribution >= 0.6 is 0 Å². The van der Waals surface area contributed by atoms with Crippen LogP contribution in [0.3, 0.4) is 0 Å². The lowest BCUT2D eigenvalue weighted by Crippen LogP contribution is -2.30. The van der Waals surface area contributed by atoms with Gasteiger partial charge < -0.3 is 13.9 Å². The summed E-state index contributed by atoms with van der Waals surface area (Å²) in [6.45, 7) is 1.12. The average Bonchev–Trinajstić information content (AvgIpc) is 3.21. The largest absolute Gasteiger partial charge is 0.486 e. The van der Waals surface area contributed by atoms with Crippen molar-refractivity contribution >= 4 is 10.0 Å². The summed E-state index contributed by atoms with van der Waals surface area (Å²) in [4.78, 5) is 4.21. The van der Waals surface area contributed by atoms with E-state index in [1.165, 1.54) is 22.7 Å². The van der Waals surface area contributed by atoms with Gasteiger partial charge in [0, 0.05) is 25.0 Å². The fourth-order valence-corrected chi connectivity index (χ4v) is 4.24. The molecule has 0 fully saturated rings. The summed E-state index contributed by atoms with van der Waals surface area (Å²) in [6, 6.07) is 11.7. The first-order chi connectivity index (χ1) is 13.1. The van der Waals surface area contributed by atoms with Crippen molar-refractivity contribution in [3.63, 3.8) is 0 Å². The van der Waals surface area contributed by atoms with Crippen LogP contribution in [0.15, 0.2) is 70.4 Å². The highest BCUT2D eigenvalue weighted by Crippen LogP contribution is 2.33. The van der Waals surface area contributed by atoms with Crippen LogP contribution < -0.4 is 9.47 Å². The lowest BCUT2D eigenvalue weighted by atomic mass is 10.3. The van der Waals surface area contributed by atoms with Gasteiger partial charge in [-0.15, -0.1) is 0 Å². The van der Waals surface area contributed by atoms with Gasteiger partial charge >= 0.3 is 0 Å². The first-order valence-corrected chi connectivity index (χ1v) is 9.88. The average molecular weight is 386 g/mol. The van der Waals surface area contributed by atoms with E-state index >= 15 is 0 Å². The second kappa shape index (κ2) is 7.42. The molecule has 7 nitrogen and oxygen atoms in total. The summed E-state index contributed by atoms with van der Waals surface area (Å²) in [7, 11) is -3.80. The summed E-state index contributed by atoms with van der Waals surface area (Å²) in [6.07, 6.45) is 4.82. The van der Waals surface area contributed by atoms with Crippen LogP contribution in [0.25, 0.3) is 0 Å². The number of rotatable bonds is 6. The maximum absolute atomic E-state index is 13.3. The third kappa shape index (κ3) is 3.81. The first kappa shape index (κ1) is 17.6. The molecule has 3 aromatic rings. The number of hydrogen-bond donors (Lipinski definition) is 0. The van der Waals surface area contributed by atoms with Crippen molar-refractivity contribution in [3.8, 4) is 11.5 Å². The van der Waals surface area contributed by atoms with Crippen LogP contribution in [-0.4, -0.2) is 30.9 Å². The van der Waals surface area contributed by atoms with E-state index < -0.39 is 10.0 Å². The molecule has 0 saturated heterocycles. The Morgan fingerprint density at radius 3 is 2.59 bits per heavy atom. The predicted molar refractivity (Wildman–Crippen MR) is 96.8 cm³/mol. The van der Waals surface area contributed by atoms with Crippen molar-refractivity contribution in [2.75, 3.05) is 13.2 Å². The minimum absolute atomic E-state index is 0.110. The van der Waals surface area contributed by atoms with E-state index in [2.05, 4.69) is 4.98 Å². The number of benzene rings is 1. The van der Waals surface area contributed by atoms with Crippen LogP contribution in [0.5, 0.6) is 11.5 Å². The van der Waals surface area contributed by atoms with Gasteiger partial charge in [-0.25, -0.2) is 8.42 Å². The predicted octanol–water partition coefficient (Wildman–Crippen LogP) is 2.84. The van der Waals surface area contributed by atoms with Crippen LogP contribution in [0, 0.1) is 0 Å². The Morgan fingerprint density at radius 2 is 1.85 bits per heavy atom. The SMILES string of the molecule is O=S(=O)(c1ccc2c(c1)OCCO2)N(Cc1cccnc1)Cc1ccco1. The van der Waals surface area contributed by atoms with Crippen LogP contribution in [0.4, 0.5) is 0 Å². The van der Waals surface area contributed by atoms with E-state index in [0.717, 1.165) is 5.56 Å². The van der Waals surface area contributed by atoms with E-state index in [9.17, 15) is 8.42 Å². The third-order valence-electron chi connectivity index (χ3n) is 4.15. The summed E-state index contributed by atoms with van der Waals surface area (Å²) in [5, 5.41) is 0. The topological polar surface area (TPSA) is 81.9 Å². The lowest BCUT2D eigenvalue weighted by Gasteiger charge is -2.23. The molecular weight excluding hydrogens is 368 g/mol. The number of pyridine rings is 1. The Labute approximate surface area is 157 Å². The molecule has 0 aliphatic carbocycles. The number of nitrogens with zero attached hydrogens (tertiary/aromatic N) is 2. The van der Waals surface area contributed by atoms with Crippen LogP contribution in [-0.2, 0) is 23.1 Å². The molecular formula is C19H18N2O5S. The normalized spacial score (nSPS) is 13.7. The van der Waals surface area contributed by atoms with E-state index in [0.29, 0.717) is 30.5 Å². The van der Waals surface area contributed by atoms with Crippen molar-refractivity contribution in [2.24, 2.45) is 0 Å². The standard InChI is InChI=1S/C19H18N2O5S/c22-27(23,17-5-6-18-19(11-17)26-10-9-25-18)21(14-16-4-2-8-24-16)13-15-3-1-7-20-12-15/h1-8,11-12H,9-10,13-14H2. The third-order valence-corrected chi connectivity index (χ3v) is 5.93. The molecule has 1 aliphatic rings. The summed E-state index contributed by atoms with van der Waals surface area (Å²) in [5.74, 6) is 1.53. The number of aromatic nitrogens is 1. The summed E-state index contributed by atoms with van der Waals surface area (Å²) < 4.78 is 44.3. The molecule has 1 aliphatic heterocycles. The van der Waals surface area contributed by atoms with Crippen LogP contribution in [0.2, 0.25) is 0 Å². The number of furan rings is 1. The molecule has 140 valence electrons. The molecule has 0 radical (unpaired) electrons. The lowest BCUT2D eigenvalue weighted by molar-refractivity contribution is 0.171. The van der Waals surface area contributed by atoms with Gasteiger partial charge in [0.15, 0.2) is 11.5 Å². The highest BCUT2D eigenvalue weighted by Gasteiger charge is 2.27. The minimum Gasteiger partial charge on any atom is -0.486 e. The molecule has 0 bridgehead atoms. The second-order valence-electron chi connectivity index (χ2n) is 6.02. The highest BCUT2D eigenvalue weighted by molar-refractivity contribution is 7.89. The molecule has 8 heteroatoms. The molecule has 1 aromatic carbocycles. The highest BCUT2D eigenvalue weighted by atomic mass is 32.2. The fourth-order valence-electron chi connectivity index (χ4n) is 2.83. The zero-order chi connectivity index (χ0) is 18.7. The molecule has 4 rings (SSSR count). The van der Waals surface area contributed by atoms with Gasteiger partial charge in [-0.05, 0) is 35.9 Å². The van der Waals surface area contributed by atoms with Crippen molar-refractivity contribution in [1.82, 2.24) is 9.29 Å². The molecule has 0 unspecified atom stereocenters. The van der Waals surface area contributed by atoms with E-state index in [-0.39, 0.29) is 18.0 Å². The van der Waals surface area contributed by atoms with Gasteiger partial charge in [0.2, 0.25) is 10.0 Å². The Bertz CT molecular complexity index is 1000. The molecule has 0 saturated carbocycles. The first-order valence-electron chi connectivity index (χ1n) is 8.44. The van der Waals surface area contributed by atoms with Crippen molar-refractivity contribution < 1.29 is 22.3 Å². The van der Waals surface area contributed by atoms with E-state index in [4.69, 9.17) is 13.9 Å². The minimum atomic E-state index is -3.80. The van der Waals surface area contributed by atoms with Gasteiger partial charge in [0.25, 0.3) is 0 Å². The van der Waals surface area contributed by atoms with E-state index in [1.54, 1.807) is 36.7 Å². The molecule has 0 N–H and O–H groups in total. The zero-order valence-corrected chi connectivity index (χ0v) is 15.3. The smallest absolute Gasteiger partial charge is 0.243 e. The second-order valence-corrected chi connectivity index (χ2v) is 7.96. The van der Waals surface area contributed by atoms with Gasteiger partial charge in [0.05, 0.1) is 17.7 Å². The Kier molecular flexibility index (Phi) is 4.83. The maximum Gasteiger partial charge on any atom is 0.243 e. The van der Waals surface area contributed by atoms with Gasteiger partial charge in [-0.1, -0.05) is 6.07 Å². The molecule has 2 aromatic heterocycles. The monoisotopic (exact) mass is 386 g/mol. The van der Waals surface area contributed by atoms with Gasteiger partial charge in [-0.2, -0.15) is 4.31 Å². The van der Waals surface area contributed by atoms with E-state index in [1.807, 2.05) is 6.07 Å². The molecule has 0 atom stereocenters. The van der Waals surface area contributed by atoms with Crippen molar-refractivity contribution in [3.05, 3.63) is 72.4 Å². The summed E-state index contributed by atoms with van der Waals surface area (Å²) in [5.41, 5.74) is 0.783. The number of fused-ring (bicyclic) bond motifs is 1.